The predicted molar refractivity (Wildman–Crippen MR) is 131 cm³/mol. The fourth-order valence-corrected chi connectivity index (χ4v) is 4.50. The number of nitrogens with zero attached hydrogens (tertiary/aromatic N) is 2. The number of nitrogens with two attached hydrogens (primary N) is 1. The second kappa shape index (κ2) is 10.9. The number of benzene rings is 1. The quantitative estimate of drug-likeness (QED) is 0.370. The normalized spacial score (nSPS) is 19.6. The number of Topliss-reactive ketones (excluding diaryl/α,β-unsaturated/α-hetero) is 1. The van der Waals surface area contributed by atoms with Crippen LogP contribution in [0.3, 0.4) is 0 Å². The summed E-state index contributed by atoms with van der Waals surface area (Å²) in [6, 6.07) is 4.41. The number of carboxylic acids is 1. The minimum atomic E-state index is -1.18. The minimum Gasteiger partial charge on any atom is -0.478 e. The molecule has 9 nitrogen and oxygen atoms in total. The number of aromatic carboxylic acids is 1. The zero-order valence-electron chi connectivity index (χ0n) is 20.7. The molecule has 3 rings (SSSR count). The Morgan fingerprint density at radius 1 is 1.03 bits per heavy atom. The summed E-state index contributed by atoms with van der Waals surface area (Å²) in [6.45, 7) is 7.52. The van der Waals surface area contributed by atoms with Gasteiger partial charge in [0, 0.05) is 37.7 Å². The van der Waals surface area contributed by atoms with Crippen molar-refractivity contribution in [1.29, 1.82) is 0 Å². The zero-order chi connectivity index (χ0) is 25.8. The van der Waals surface area contributed by atoms with Crippen LogP contribution in [0.1, 0.15) is 67.2 Å². The molecule has 2 fully saturated rings. The molecular weight excluding hydrogens is 450 g/mol. The summed E-state index contributed by atoms with van der Waals surface area (Å²) in [5.74, 6) is -1.80. The number of hydrogen-bond acceptors (Lipinski definition) is 6. The van der Waals surface area contributed by atoms with Gasteiger partial charge in [-0.2, -0.15) is 0 Å². The van der Waals surface area contributed by atoms with Crippen molar-refractivity contribution >= 4 is 29.4 Å². The second-order valence-electron chi connectivity index (χ2n) is 10.2. The molecule has 190 valence electrons. The molecule has 2 aliphatic rings. The van der Waals surface area contributed by atoms with E-state index in [1.165, 1.54) is 18.2 Å². The van der Waals surface area contributed by atoms with Crippen molar-refractivity contribution in [2.75, 3.05) is 31.9 Å². The van der Waals surface area contributed by atoms with Crippen LogP contribution in [0.25, 0.3) is 0 Å². The van der Waals surface area contributed by atoms with E-state index >= 15 is 0 Å². The Bertz CT molecular complexity index is 1000. The summed E-state index contributed by atoms with van der Waals surface area (Å²) < 4.78 is 5.42. The maximum absolute atomic E-state index is 13.1. The standard InChI is InChI=1S/C26H35N3O6/c1-26(2,3)35-25(34)28-14-11-17(12-15-28)9-10-21(30)29-13-5-6-18(16-29)23(31)19-7-4-8-20(22(19)27)24(32)33/h4,7-10,17-18H,5-6,11-16,27H2,1-3H3,(H,32,33)/t18-/m1/s1. The maximum Gasteiger partial charge on any atom is 0.410 e. The van der Waals surface area contributed by atoms with E-state index in [2.05, 4.69) is 0 Å². The van der Waals surface area contributed by atoms with Gasteiger partial charge in [-0.15, -0.1) is 0 Å². The molecule has 35 heavy (non-hydrogen) atoms. The van der Waals surface area contributed by atoms with Gasteiger partial charge in [0.2, 0.25) is 5.91 Å². The third-order valence-corrected chi connectivity index (χ3v) is 6.41. The van der Waals surface area contributed by atoms with Crippen molar-refractivity contribution in [2.24, 2.45) is 11.8 Å². The Morgan fingerprint density at radius 2 is 1.69 bits per heavy atom. The highest BCUT2D eigenvalue weighted by Gasteiger charge is 2.31. The molecule has 2 saturated heterocycles. The summed E-state index contributed by atoms with van der Waals surface area (Å²) in [5.41, 5.74) is 5.48. The number of carbonyl (C=O) groups excluding carboxylic acids is 3. The van der Waals surface area contributed by atoms with Crippen molar-refractivity contribution in [3.8, 4) is 0 Å². The molecule has 2 heterocycles. The SMILES string of the molecule is CC(C)(C)OC(=O)N1CCC(C=CC(=O)N2CCC[C@@H](C(=O)c3cccc(C(=O)O)c3N)C2)CC1. The zero-order valence-corrected chi connectivity index (χ0v) is 20.7. The van der Waals surface area contributed by atoms with Crippen LogP contribution in [0, 0.1) is 11.8 Å². The number of ketones is 1. The molecule has 2 aliphatic heterocycles. The third-order valence-electron chi connectivity index (χ3n) is 6.41. The van der Waals surface area contributed by atoms with E-state index < -0.39 is 17.5 Å². The first-order chi connectivity index (χ1) is 16.5. The predicted octanol–water partition coefficient (Wildman–Crippen LogP) is 3.59. The summed E-state index contributed by atoms with van der Waals surface area (Å²) in [5, 5.41) is 9.27. The van der Waals surface area contributed by atoms with Gasteiger partial charge in [-0.05, 0) is 70.6 Å². The van der Waals surface area contributed by atoms with Gasteiger partial charge in [-0.3, -0.25) is 9.59 Å². The number of allylic oxidation sites excluding steroid dienone is 1. The first-order valence-electron chi connectivity index (χ1n) is 12.1. The lowest BCUT2D eigenvalue weighted by atomic mass is 9.88. The average Bonchev–Trinajstić information content (AvgIpc) is 2.81. The lowest BCUT2D eigenvalue weighted by Gasteiger charge is -2.33. The lowest BCUT2D eigenvalue weighted by molar-refractivity contribution is -0.127. The molecule has 1 atom stereocenters. The van der Waals surface area contributed by atoms with Crippen molar-refractivity contribution in [2.45, 2.75) is 52.1 Å². The number of likely N-dealkylation sites (tertiary alicyclic amines) is 2. The van der Waals surface area contributed by atoms with E-state index in [0.29, 0.717) is 32.5 Å². The Kier molecular flexibility index (Phi) is 8.19. The number of anilines is 1. The van der Waals surface area contributed by atoms with Gasteiger partial charge in [-0.25, -0.2) is 9.59 Å². The number of rotatable bonds is 5. The molecular formula is C26H35N3O6. The number of piperidine rings is 2. The van der Waals surface area contributed by atoms with Crippen molar-refractivity contribution in [3.63, 3.8) is 0 Å². The van der Waals surface area contributed by atoms with E-state index in [4.69, 9.17) is 10.5 Å². The molecule has 1 aromatic rings. The third kappa shape index (κ3) is 6.83. The topological polar surface area (TPSA) is 130 Å². The van der Waals surface area contributed by atoms with Crippen LogP contribution in [0.4, 0.5) is 10.5 Å². The smallest absolute Gasteiger partial charge is 0.410 e. The maximum atomic E-state index is 13.1. The Morgan fingerprint density at radius 3 is 2.31 bits per heavy atom. The first-order valence-corrected chi connectivity index (χ1v) is 12.1. The highest BCUT2D eigenvalue weighted by molar-refractivity contribution is 6.07. The highest BCUT2D eigenvalue weighted by Crippen LogP contribution is 2.26. The molecule has 2 amide bonds. The highest BCUT2D eigenvalue weighted by atomic mass is 16.6. The Hall–Kier alpha value is -3.36. The van der Waals surface area contributed by atoms with Gasteiger partial charge in [0.05, 0.1) is 11.3 Å². The molecule has 0 aliphatic carbocycles. The fourth-order valence-electron chi connectivity index (χ4n) is 4.50. The average molecular weight is 486 g/mol. The van der Waals surface area contributed by atoms with Crippen molar-refractivity contribution in [3.05, 3.63) is 41.5 Å². The number of nitrogen functional groups attached to an aromatic ring is 1. The molecule has 0 aromatic heterocycles. The van der Waals surface area contributed by atoms with Gasteiger partial charge in [0.25, 0.3) is 0 Å². The molecule has 1 aromatic carbocycles. The monoisotopic (exact) mass is 485 g/mol. The van der Waals surface area contributed by atoms with Crippen molar-refractivity contribution < 1.29 is 29.0 Å². The summed E-state index contributed by atoms with van der Waals surface area (Å²) in [7, 11) is 0. The van der Waals surface area contributed by atoms with Gasteiger partial charge < -0.3 is 25.4 Å². The van der Waals surface area contributed by atoms with E-state index in [-0.39, 0.29) is 47.1 Å². The van der Waals surface area contributed by atoms with E-state index in [1.54, 1.807) is 15.9 Å². The van der Waals surface area contributed by atoms with Crippen molar-refractivity contribution in [1.82, 2.24) is 9.80 Å². The van der Waals surface area contributed by atoms with E-state index in [9.17, 15) is 24.3 Å². The molecule has 0 unspecified atom stereocenters. The summed E-state index contributed by atoms with van der Waals surface area (Å²) in [4.78, 5) is 52.8. The van der Waals surface area contributed by atoms with Crippen LogP contribution in [0.15, 0.2) is 30.4 Å². The number of amides is 2. The first kappa shape index (κ1) is 26.2. The molecule has 9 heteroatoms. The van der Waals surface area contributed by atoms with Gasteiger partial charge in [0.15, 0.2) is 5.78 Å². The molecule has 0 radical (unpaired) electrons. The second-order valence-corrected chi connectivity index (χ2v) is 10.2. The van der Waals surface area contributed by atoms with Crippen LogP contribution in [-0.2, 0) is 9.53 Å². The van der Waals surface area contributed by atoms with E-state index in [1.807, 2.05) is 26.8 Å². The van der Waals surface area contributed by atoms with E-state index in [0.717, 1.165) is 12.8 Å². The van der Waals surface area contributed by atoms with Gasteiger partial charge >= 0.3 is 12.1 Å². The van der Waals surface area contributed by atoms with Crippen LogP contribution < -0.4 is 5.73 Å². The summed E-state index contributed by atoms with van der Waals surface area (Å²) >= 11 is 0. The lowest BCUT2D eigenvalue weighted by Crippen LogP contribution is -2.42. The molecule has 0 saturated carbocycles. The largest absolute Gasteiger partial charge is 0.478 e. The fraction of sp³-hybridized carbons (Fsp3) is 0.538. The van der Waals surface area contributed by atoms with Crippen LogP contribution >= 0.6 is 0 Å². The van der Waals surface area contributed by atoms with Crippen LogP contribution in [-0.4, -0.2) is 70.4 Å². The van der Waals surface area contributed by atoms with Crippen LogP contribution in [0.5, 0.6) is 0 Å². The summed E-state index contributed by atoms with van der Waals surface area (Å²) in [6.07, 6.45) is 5.96. The molecule has 3 N–H and O–H groups in total. The number of hydrogen-bond donors (Lipinski definition) is 2. The van der Waals surface area contributed by atoms with Crippen LogP contribution in [0.2, 0.25) is 0 Å². The van der Waals surface area contributed by atoms with Gasteiger partial charge in [-0.1, -0.05) is 12.1 Å². The number of para-hydroxylation sites is 1. The van der Waals surface area contributed by atoms with Gasteiger partial charge in [0.1, 0.15) is 5.60 Å². The Labute approximate surface area is 205 Å². The number of carbonyl (C=O) groups is 4. The molecule has 0 spiro atoms. The minimum absolute atomic E-state index is 0.0360. The number of ether oxygens (including phenoxy) is 1. The Balaban J connectivity index is 1.55. The molecule has 0 bridgehead atoms. The number of carboxylic acid groups (broad SMARTS) is 1.